The molecule has 0 aliphatic rings. The fourth-order valence-corrected chi connectivity index (χ4v) is 2.82. The summed E-state index contributed by atoms with van der Waals surface area (Å²) in [4.78, 5) is 12.9. The molecule has 0 unspecified atom stereocenters. The van der Waals surface area contributed by atoms with Crippen LogP contribution in [0.2, 0.25) is 5.02 Å². The van der Waals surface area contributed by atoms with Gasteiger partial charge in [-0.05, 0) is 37.2 Å². The fourth-order valence-electron chi connectivity index (χ4n) is 1.66. The third kappa shape index (κ3) is 3.36. The molecule has 0 aliphatic carbocycles. The summed E-state index contributed by atoms with van der Waals surface area (Å²) in [5, 5.41) is 5.55. The van der Waals surface area contributed by atoms with Gasteiger partial charge in [0, 0.05) is 18.3 Å². The van der Waals surface area contributed by atoms with Crippen molar-refractivity contribution in [3.63, 3.8) is 0 Å². The van der Waals surface area contributed by atoms with Gasteiger partial charge in [-0.25, -0.2) is 15.0 Å². The normalized spacial score (nSPS) is 10.5. The number of hydrogen-bond donors (Lipinski definition) is 1. The van der Waals surface area contributed by atoms with Crippen LogP contribution in [0.1, 0.15) is 19.4 Å². The van der Waals surface area contributed by atoms with Gasteiger partial charge in [0.25, 0.3) is 0 Å². The van der Waals surface area contributed by atoms with Crippen LogP contribution in [0.3, 0.4) is 0 Å². The zero-order chi connectivity index (χ0) is 13.7. The van der Waals surface area contributed by atoms with Gasteiger partial charge in [-0.2, -0.15) is 0 Å². The average molecular weight is 295 g/mol. The number of nitrogens with one attached hydrogen (secondary N) is 1. The number of hydrogen-bond acceptors (Lipinski definition) is 5. The smallest absolute Gasteiger partial charge is 0.133 e. The second-order valence-electron chi connectivity index (χ2n) is 3.78. The summed E-state index contributed by atoms with van der Waals surface area (Å²) in [5.41, 5.74) is 1.09. The molecule has 2 rings (SSSR count). The highest BCUT2D eigenvalue weighted by Crippen LogP contribution is 2.33. The van der Waals surface area contributed by atoms with E-state index in [1.165, 1.54) is 11.8 Å². The van der Waals surface area contributed by atoms with Crippen molar-refractivity contribution >= 4 is 29.2 Å². The summed E-state index contributed by atoms with van der Waals surface area (Å²) in [5.74, 6) is 0.884. The van der Waals surface area contributed by atoms with Gasteiger partial charge in [0.2, 0.25) is 0 Å². The summed E-state index contributed by atoms with van der Waals surface area (Å²) < 4.78 is 0. The average Bonchev–Trinajstić information content (AvgIpc) is 2.42. The minimum absolute atomic E-state index is 0.637. The molecule has 2 heterocycles. The molecule has 100 valence electrons. The molecular formula is C13H15ClN4S. The Morgan fingerprint density at radius 1 is 1.21 bits per heavy atom. The lowest BCUT2D eigenvalue weighted by Gasteiger charge is -2.11. The van der Waals surface area contributed by atoms with Gasteiger partial charge in [0.05, 0.1) is 5.02 Å². The van der Waals surface area contributed by atoms with Crippen LogP contribution in [0.4, 0.5) is 5.82 Å². The van der Waals surface area contributed by atoms with E-state index in [2.05, 4.69) is 27.2 Å². The van der Waals surface area contributed by atoms with Crippen LogP contribution in [0, 0.1) is 0 Å². The van der Waals surface area contributed by atoms with Gasteiger partial charge in [-0.1, -0.05) is 18.5 Å². The van der Waals surface area contributed by atoms with Crippen LogP contribution in [0.5, 0.6) is 0 Å². The lowest BCUT2D eigenvalue weighted by atomic mass is 10.2. The van der Waals surface area contributed by atoms with Crippen LogP contribution >= 0.6 is 23.4 Å². The molecule has 0 saturated carbocycles. The monoisotopic (exact) mass is 294 g/mol. The van der Waals surface area contributed by atoms with Gasteiger partial charge in [-0.15, -0.1) is 0 Å². The van der Waals surface area contributed by atoms with Crippen molar-refractivity contribution in [3.05, 3.63) is 35.2 Å². The van der Waals surface area contributed by atoms with E-state index >= 15 is 0 Å². The number of anilines is 1. The van der Waals surface area contributed by atoms with E-state index < -0.39 is 0 Å². The van der Waals surface area contributed by atoms with E-state index in [-0.39, 0.29) is 0 Å². The molecule has 0 spiro atoms. The molecule has 6 heteroatoms. The molecule has 0 amide bonds. The summed E-state index contributed by atoms with van der Waals surface area (Å²) >= 11 is 7.60. The SMILES string of the molecule is CCNc1ncnc(Sc2ncccc2Cl)c1CC. The van der Waals surface area contributed by atoms with Crippen LogP contribution in [-0.2, 0) is 6.42 Å². The van der Waals surface area contributed by atoms with Crippen molar-refractivity contribution in [3.8, 4) is 0 Å². The number of halogens is 1. The Labute approximate surface area is 122 Å². The molecule has 0 fully saturated rings. The van der Waals surface area contributed by atoms with E-state index in [1.807, 2.05) is 19.1 Å². The summed E-state index contributed by atoms with van der Waals surface area (Å²) in [6, 6.07) is 3.64. The Bertz CT molecular complexity index is 562. The zero-order valence-electron chi connectivity index (χ0n) is 10.9. The van der Waals surface area contributed by atoms with E-state index in [9.17, 15) is 0 Å². The Morgan fingerprint density at radius 3 is 2.74 bits per heavy atom. The second-order valence-corrected chi connectivity index (χ2v) is 5.17. The van der Waals surface area contributed by atoms with Crippen molar-refractivity contribution in [1.29, 1.82) is 0 Å². The van der Waals surface area contributed by atoms with Gasteiger partial charge in [-0.3, -0.25) is 0 Å². The third-order valence-electron chi connectivity index (χ3n) is 2.52. The van der Waals surface area contributed by atoms with Crippen molar-refractivity contribution < 1.29 is 0 Å². The minimum atomic E-state index is 0.637. The maximum absolute atomic E-state index is 6.13. The lowest BCUT2D eigenvalue weighted by molar-refractivity contribution is 0.934. The highest BCUT2D eigenvalue weighted by atomic mass is 35.5. The predicted octanol–water partition coefficient (Wildman–Crippen LogP) is 3.67. The maximum Gasteiger partial charge on any atom is 0.133 e. The molecule has 1 N–H and O–H groups in total. The molecule has 0 saturated heterocycles. The standard InChI is InChI=1S/C13H15ClN4S/c1-3-9-11(15-4-2)17-8-18-12(9)19-13-10(14)6-5-7-16-13/h5-8H,3-4H2,1-2H3,(H,15,17,18). The minimum Gasteiger partial charge on any atom is -0.370 e. The first-order chi connectivity index (χ1) is 9.26. The predicted molar refractivity (Wildman–Crippen MR) is 78.9 cm³/mol. The first kappa shape index (κ1) is 14.1. The quantitative estimate of drug-likeness (QED) is 0.853. The van der Waals surface area contributed by atoms with E-state index in [1.54, 1.807) is 12.5 Å². The van der Waals surface area contributed by atoms with Crippen LogP contribution in [0.15, 0.2) is 34.7 Å². The third-order valence-corrected chi connectivity index (χ3v) is 4.00. The Hall–Kier alpha value is -1.33. The van der Waals surface area contributed by atoms with Crippen LogP contribution in [0.25, 0.3) is 0 Å². The highest BCUT2D eigenvalue weighted by molar-refractivity contribution is 7.99. The van der Waals surface area contributed by atoms with E-state index in [0.717, 1.165) is 34.4 Å². The van der Waals surface area contributed by atoms with Crippen molar-refractivity contribution in [2.24, 2.45) is 0 Å². The first-order valence-electron chi connectivity index (χ1n) is 6.12. The molecule has 0 atom stereocenters. The van der Waals surface area contributed by atoms with Gasteiger partial charge in [0.15, 0.2) is 0 Å². The van der Waals surface area contributed by atoms with E-state index in [0.29, 0.717) is 5.02 Å². The Balaban J connectivity index is 2.35. The fraction of sp³-hybridized carbons (Fsp3) is 0.308. The van der Waals surface area contributed by atoms with Crippen LogP contribution < -0.4 is 5.32 Å². The lowest BCUT2D eigenvalue weighted by Crippen LogP contribution is -2.05. The number of aromatic nitrogens is 3. The number of pyridine rings is 1. The number of nitrogens with zero attached hydrogens (tertiary/aromatic N) is 3. The van der Waals surface area contributed by atoms with Gasteiger partial charge in [0.1, 0.15) is 22.2 Å². The molecule has 19 heavy (non-hydrogen) atoms. The second kappa shape index (κ2) is 6.73. The van der Waals surface area contributed by atoms with Crippen LogP contribution in [-0.4, -0.2) is 21.5 Å². The van der Waals surface area contributed by atoms with Gasteiger partial charge < -0.3 is 5.32 Å². The number of rotatable bonds is 5. The molecule has 0 aliphatic heterocycles. The molecule has 2 aromatic rings. The highest BCUT2D eigenvalue weighted by Gasteiger charge is 2.12. The molecule has 0 bridgehead atoms. The van der Waals surface area contributed by atoms with E-state index in [4.69, 9.17) is 11.6 Å². The topological polar surface area (TPSA) is 50.7 Å². The molecule has 0 aromatic carbocycles. The Morgan fingerprint density at radius 2 is 2.05 bits per heavy atom. The summed E-state index contributed by atoms with van der Waals surface area (Å²) in [6.45, 7) is 4.96. The largest absolute Gasteiger partial charge is 0.370 e. The molecule has 2 aromatic heterocycles. The van der Waals surface area contributed by atoms with Crippen molar-refractivity contribution in [1.82, 2.24) is 15.0 Å². The Kier molecular flexibility index (Phi) is 4.99. The molecule has 4 nitrogen and oxygen atoms in total. The first-order valence-corrected chi connectivity index (χ1v) is 7.31. The molecular weight excluding hydrogens is 280 g/mol. The summed E-state index contributed by atoms with van der Waals surface area (Å²) in [7, 11) is 0. The van der Waals surface area contributed by atoms with Crippen molar-refractivity contribution in [2.75, 3.05) is 11.9 Å². The maximum atomic E-state index is 6.13. The summed E-state index contributed by atoms with van der Waals surface area (Å²) in [6.07, 6.45) is 4.15. The van der Waals surface area contributed by atoms with Crippen molar-refractivity contribution in [2.45, 2.75) is 30.3 Å². The molecule has 0 radical (unpaired) electrons. The van der Waals surface area contributed by atoms with Gasteiger partial charge >= 0.3 is 0 Å². The zero-order valence-corrected chi connectivity index (χ0v) is 12.4.